The molecule has 2 aliphatic heterocycles. The van der Waals surface area contributed by atoms with E-state index >= 15 is 0 Å². The minimum absolute atomic E-state index is 0.120. The summed E-state index contributed by atoms with van der Waals surface area (Å²) < 4.78 is 6.16. The molecule has 4 heteroatoms. The molecule has 1 spiro atoms. The molecule has 1 saturated carbocycles. The van der Waals surface area contributed by atoms with Crippen LogP contribution in [0.4, 0.5) is 4.79 Å². The van der Waals surface area contributed by atoms with Gasteiger partial charge in [-0.25, -0.2) is 4.79 Å². The van der Waals surface area contributed by atoms with Gasteiger partial charge in [0.1, 0.15) is 11.1 Å². The van der Waals surface area contributed by atoms with Crippen LogP contribution in [0.5, 0.6) is 0 Å². The van der Waals surface area contributed by atoms with Crippen LogP contribution in [0.25, 0.3) is 10.9 Å². The number of nitrogens with one attached hydrogen (secondary N) is 1. The highest BCUT2D eigenvalue weighted by Gasteiger charge is 2.64. The van der Waals surface area contributed by atoms with Crippen molar-refractivity contribution in [3.05, 3.63) is 34.5 Å². The minimum Gasteiger partial charge on any atom is -0.440 e. The number of ether oxygens (including phenoxy) is 1. The van der Waals surface area contributed by atoms with Crippen LogP contribution in [0.2, 0.25) is 0 Å². The third-order valence-corrected chi connectivity index (χ3v) is 7.18. The maximum atomic E-state index is 12.9. The Balaban J connectivity index is 1.85. The number of hydrogen-bond donors (Lipinski definition) is 1. The summed E-state index contributed by atoms with van der Waals surface area (Å²) in [6, 6.07) is 4.45. The first-order valence-electron chi connectivity index (χ1n) is 9.60. The molecule has 0 radical (unpaired) electrons. The van der Waals surface area contributed by atoms with Crippen LogP contribution in [0.3, 0.4) is 0 Å². The number of rotatable bonds is 0. The van der Waals surface area contributed by atoms with Gasteiger partial charge in [-0.2, -0.15) is 0 Å². The molecule has 1 aliphatic carbocycles. The summed E-state index contributed by atoms with van der Waals surface area (Å²) in [7, 11) is 0. The molecular formula is C21H26N2O2. The minimum atomic E-state index is -0.379. The molecule has 1 unspecified atom stereocenters. The number of hydrogen-bond acceptors (Lipinski definition) is 2. The van der Waals surface area contributed by atoms with E-state index in [1.165, 1.54) is 39.7 Å². The van der Waals surface area contributed by atoms with E-state index in [1.807, 2.05) is 4.90 Å². The molecule has 132 valence electrons. The highest BCUT2D eigenvalue weighted by molar-refractivity contribution is 5.93. The Kier molecular flexibility index (Phi) is 2.94. The molecule has 5 rings (SSSR count). The van der Waals surface area contributed by atoms with Crippen molar-refractivity contribution in [1.82, 2.24) is 9.88 Å². The van der Waals surface area contributed by atoms with Crippen LogP contribution in [-0.2, 0) is 16.7 Å². The zero-order valence-corrected chi connectivity index (χ0v) is 15.4. The molecule has 1 atom stereocenters. The Morgan fingerprint density at radius 3 is 2.68 bits per heavy atom. The molecule has 1 aromatic carbocycles. The summed E-state index contributed by atoms with van der Waals surface area (Å²) >= 11 is 0. The summed E-state index contributed by atoms with van der Waals surface area (Å²) in [6.07, 6.45) is 6.25. The summed E-state index contributed by atoms with van der Waals surface area (Å²) in [5.41, 5.74) is 5.64. The number of aromatic nitrogens is 1. The van der Waals surface area contributed by atoms with Crippen LogP contribution in [0, 0.1) is 13.8 Å². The number of aryl methyl sites for hydroxylation is 2. The van der Waals surface area contributed by atoms with Crippen molar-refractivity contribution in [3.63, 3.8) is 0 Å². The maximum Gasteiger partial charge on any atom is 0.411 e. The van der Waals surface area contributed by atoms with Crippen molar-refractivity contribution in [1.29, 1.82) is 0 Å². The number of carbonyl (C=O) groups excluding carboxylic acids is 1. The van der Waals surface area contributed by atoms with E-state index < -0.39 is 0 Å². The predicted octanol–water partition coefficient (Wildman–Crippen LogP) is 4.71. The lowest BCUT2D eigenvalue weighted by atomic mass is 9.67. The number of amides is 1. The van der Waals surface area contributed by atoms with Gasteiger partial charge in [0.2, 0.25) is 0 Å². The number of H-pyrrole nitrogens is 1. The third-order valence-electron chi connectivity index (χ3n) is 7.18. The first-order chi connectivity index (χ1) is 12.0. The van der Waals surface area contributed by atoms with Crippen molar-refractivity contribution >= 4 is 17.0 Å². The largest absolute Gasteiger partial charge is 0.440 e. The van der Waals surface area contributed by atoms with Crippen LogP contribution in [-0.4, -0.2) is 28.1 Å². The molecule has 4 nitrogen and oxygen atoms in total. The van der Waals surface area contributed by atoms with Crippen molar-refractivity contribution in [2.24, 2.45) is 0 Å². The second-order valence-electron chi connectivity index (χ2n) is 8.31. The lowest BCUT2D eigenvalue weighted by Crippen LogP contribution is -2.54. The van der Waals surface area contributed by atoms with E-state index in [0.29, 0.717) is 0 Å². The summed E-state index contributed by atoms with van der Waals surface area (Å²) in [5.74, 6) is 0. The van der Waals surface area contributed by atoms with Gasteiger partial charge in [0.05, 0.1) is 0 Å². The summed E-state index contributed by atoms with van der Waals surface area (Å²) in [5, 5.41) is 1.34. The molecule has 2 fully saturated rings. The molecule has 1 amide bonds. The average molecular weight is 338 g/mol. The molecule has 3 heterocycles. The average Bonchev–Trinajstić information content (AvgIpc) is 2.95. The van der Waals surface area contributed by atoms with Crippen LogP contribution >= 0.6 is 0 Å². The van der Waals surface area contributed by atoms with Gasteiger partial charge < -0.3 is 9.72 Å². The van der Waals surface area contributed by atoms with E-state index in [2.05, 4.69) is 37.9 Å². The fourth-order valence-electron chi connectivity index (χ4n) is 5.74. The van der Waals surface area contributed by atoms with E-state index in [-0.39, 0.29) is 17.2 Å². The molecular weight excluding hydrogens is 312 g/mol. The van der Waals surface area contributed by atoms with Crippen molar-refractivity contribution < 1.29 is 9.53 Å². The van der Waals surface area contributed by atoms with E-state index in [0.717, 1.165) is 38.6 Å². The molecule has 0 bridgehead atoms. The molecule has 25 heavy (non-hydrogen) atoms. The normalized spacial score (nSPS) is 27.5. The lowest BCUT2D eigenvalue weighted by Gasteiger charge is -2.46. The molecule has 1 aromatic heterocycles. The molecule has 1 saturated heterocycles. The topological polar surface area (TPSA) is 45.3 Å². The quantitative estimate of drug-likeness (QED) is 0.756. The predicted molar refractivity (Wildman–Crippen MR) is 97.8 cm³/mol. The molecule has 1 N–H and O–H groups in total. The van der Waals surface area contributed by atoms with Gasteiger partial charge in [-0.3, -0.25) is 4.90 Å². The number of carbonyl (C=O) groups is 1. The van der Waals surface area contributed by atoms with Gasteiger partial charge in [-0.1, -0.05) is 18.6 Å². The van der Waals surface area contributed by atoms with E-state index in [4.69, 9.17) is 4.74 Å². The Hall–Kier alpha value is -1.97. The summed E-state index contributed by atoms with van der Waals surface area (Å²) in [6.45, 7) is 7.31. The third kappa shape index (κ3) is 1.70. The van der Waals surface area contributed by atoms with Crippen LogP contribution in [0.1, 0.15) is 61.4 Å². The SMILES string of the molecule is Cc1[nH]c2c(C)ccc3c2c1CCN1C(=O)OC2(CCCCC2)C31C. The maximum absolute atomic E-state index is 12.9. The van der Waals surface area contributed by atoms with Crippen LogP contribution in [0.15, 0.2) is 12.1 Å². The molecule has 2 aromatic rings. The van der Waals surface area contributed by atoms with Crippen molar-refractivity contribution in [3.8, 4) is 0 Å². The highest BCUT2D eigenvalue weighted by atomic mass is 16.6. The summed E-state index contributed by atoms with van der Waals surface area (Å²) in [4.78, 5) is 18.5. The molecule has 3 aliphatic rings. The Morgan fingerprint density at radius 2 is 1.92 bits per heavy atom. The van der Waals surface area contributed by atoms with Crippen molar-refractivity contribution in [2.45, 2.75) is 70.4 Å². The standard InChI is InChI=1S/C21H26N2O2/c1-13-7-8-16-17-15(14(2)22-18(13)17)9-12-23-19(24)25-21(20(16,23)3)10-5-4-6-11-21/h7-8,22H,4-6,9-12H2,1-3H3. The van der Waals surface area contributed by atoms with Gasteiger partial charge in [-0.15, -0.1) is 0 Å². The van der Waals surface area contributed by atoms with Gasteiger partial charge in [-0.05, 0) is 69.6 Å². The van der Waals surface area contributed by atoms with Crippen LogP contribution < -0.4 is 0 Å². The first-order valence-corrected chi connectivity index (χ1v) is 9.60. The number of aromatic amines is 1. The van der Waals surface area contributed by atoms with Gasteiger partial charge in [0.25, 0.3) is 0 Å². The monoisotopic (exact) mass is 338 g/mol. The fraction of sp³-hybridized carbons (Fsp3) is 0.571. The Labute approximate surface area is 148 Å². The zero-order valence-electron chi connectivity index (χ0n) is 15.4. The zero-order chi connectivity index (χ0) is 17.4. The smallest absolute Gasteiger partial charge is 0.411 e. The number of benzene rings is 1. The lowest BCUT2D eigenvalue weighted by molar-refractivity contribution is -0.0399. The Morgan fingerprint density at radius 1 is 1.16 bits per heavy atom. The van der Waals surface area contributed by atoms with E-state index in [9.17, 15) is 4.79 Å². The van der Waals surface area contributed by atoms with Gasteiger partial charge >= 0.3 is 6.09 Å². The second kappa shape index (κ2) is 4.80. The van der Waals surface area contributed by atoms with Gasteiger partial charge in [0.15, 0.2) is 0 Å². The highest BCUT2D eigenvalue weighted by Crippen LogP contribution is 2.56. The second-order valence-corrected chi connectivity index (χ2v) is 8.31. The van der Waals surface area contributed by atoms with Crippen molar-refractivity contribution in [2.75, 3.05) is 6.54 Å². The first kappa shape index (κ1) is 15.3. The Bertz CT molecular complexity index is 891. The number of fused-ring (bicyclic) bond motifs is 3. The number of nitrogens with zero attached hydrogens (tertiary/aromatic N) is 1. The fourth-order valence-corrected chi connectivity index (χ4v) is 5.74. The van der Waals surface area contributed by atoms with E-state index in [1.54, 1.807) is 0 Å². The van der Waals surface area contributed by atoms with Gasteiger partial charge in [0, 0.05) is 23.1 Å².